The number of hydrogen-bond acceptors (Lipinski definition) is 3. The zero-order valence-corrected chi connectivity index (χ0v) is 10.6. The van der Waals surface area contributed by atoms with Crippen LogP contribution in [0.1, 0.15) is 50.0 Å². The Hall–Kier alpha value is -0.740. The van der Waals surface area contributed by atoms with Crippen LogP contribution in [0.15, 0.2) is 6.07 Å². The van der Waals surface area contributed by atoms with Gasteiger partial charge < -0.3 is 9.72 Å². The van der Waals surface area contributed by atoms with Crippen molar-refractivity contribution in [1.29, 1.82) is 0 Å². The van der Waals surface area contributed by atoms with Crippen LogP contribution in [0.2, 0.25) is 0 Å². The van der Waals surface area contributed by atoms with Crippen LogP contribution in [0.25, 0.3) is 0 Å². The van der Waals surface area contributed by atoms with Crippen molar-refractivity contribution in [3.63, 3.8) is 0 Å². The summed E-state index contributed by atoms with van der Waals surface area (Å²) in [5.41, 5.74) is 1.17. The van der Waals surface area contributed by atoms with Gasteiger partial charge in [0.05, 0.1) is 6.61 Å². The van der Waals surface area contributed by atoms with Crippen LogP contribution in [0.4, 0.5) is 0 Å². The fraction of sp³-hybridized carbons (Fsp3) is 0.667. The molecule has 88 valence electrons. The lowest BCUT2D eigenvalue weighted by atomic mass is 10.0. The molecule has 1 fully saturated rings. The first kappa shape index (κ1) is 11.7. The van der Waals surface area contributed by atoms with Gasteiger partial charge in [-0.25, -0.2) is 4.98 Å². The van der Waals surface area contributed by atoms with E-state index in [9.17, 15) is 0 Å². The van der Waals surface area contributed by atoms with E-state index in [4.69, 9.17) is 17.0 Å². The number of nitrogens with one attached hydrogen (secondary N) is 1. The first-order chi connectivity index (χ1) is 7.66. The van der Waals surface area contributed by atoms with Crippen molar-refractivity contribution in [2.24, 2.45) is 0 Å². The van der Waals surface area contributed by atoms with E-state index in [1.807, 2.05) is 6.07 Å². The van der Waals surface area contributed by atoms with Gasteiger partial charge in [0.1, 0.15) is 10.5 Å². The SMILES string of the molecule is CC(C)c1cc(=S)nc(C2CCCOC2)[nH]1. The predicted octanol–water partition coefficient (Wildman–Crippen LogP) is 3.16. The van der Waals surface area contributed by atoms with Crippen molar-refractivity contribution < 1.29 is 4.74 Å². The van der Waals surface area contributed by atoms with Crippen LogP contribution in [0.3, 0.4) is 0 Å². The molecule has 1 saturated heterocycles. The Morgan fingerprint density at radius 2 is 2.38 bits per heavy atom. The number of aromatic nitrogens is 2. The summed E-state index contributed by atoms with van der Waals surface area (Å²) in [6.07, 6.45) is 2.25. The monoisotopic (exact) mass is 238 g/mol. The minimum Gasteiger partial charge on any atom is -0.381 e. The lowest BCUT2D eigenvalue weighted by Crippen LogP contribution is -2.18. The zero-order chi connectivity index (χ0) is 11.5. The molecule has 0 aromatic carbocycles. The highest BCUT2D eigenvalue weighted by Crippen LogP contribution is 2.23. The van der Waals surface area contributed by atoms with E-state index in [2.05, 4.69) is 23.8 Å². The van der Waals surface area contributed by atoms with E-state index < -0.39 is 0 Å². The molecule has 0 radical (unpaired) electrons. The van der Waals surface area contributed by atoms with E-state index in [0.717, 1.165) is 31.9 Å². The summed E-state index contributed by atoms with van der Waals surface area (Å²) < 4.78 is 6.17. The van der Waals surface area contributed by atoms with E-state index in [1.165, 1.54) is 5.69 Å². The zero-order valence-electron chi connectivity index (χ0n) is 9.82. The molecule has 0 amide bonds. The maximum absolute atomic E-state index is 5.48. The van der Waals surface area contributed by atoms with Crippen LogP contribution in [0.5, 0.6) is 0 Å². The number of nitrogens with zero attached hydrogens (tertiary/aromatic N) is 1. The molecule has 16 heavy (non-hydrogen) atoms. The lowest BCUT2D eigenvalue weighted by molar-refractivity contribution is 0.0779. The molecule has 1 atom stereocenters. The average molecular weight is 238 g/mol. The Kier molecular flexibility index (Phi) is 3.71. The van der Waals surface area contributed by atoms with Crippen molar-refractivity contribution in [1.82, 2.24) is 9.97 Å². The van der Waals surface area contributed by atoms with Gasteiger partial charge in [0, 0.05) is 18.2 Å². The summed E-state index contributed by atoms with van der Waals surface area (Å²) in [5.74, 6) is 1.83. The van der Waals surface area contributed by atoms with Gasteiger partial charge in [-0.05, 0) is 24.8 Å². The van der Waals surface area contributed by atoms with Crippen LogP contribution in [-0.2, 0) is 4.74 Å². The molecule has 1 aromatic heterocycles. The molecule has 0 bridgehead atoms. The molecule has 2 rings (SSSR count). The maximum atomic E-state index is 5.48. The van der Waals surface area contributed by atoms with Crippen molar-refractivity contribution in [2.45, 2.75) is 38.5 Å². The van der Waals surface area contributed by atoms with Crippen molar-refractivity contribution in [3.05, 3.63) is 22.2 Å². The summed E-state index contributed by atoms with van der Waals surface area (Å²) >= 11 is 5.20. The molecule has 4 heteroatoms. The van der Waals surface area contributed by atoms with Crippen molar-refractivity contribution in [3.8, 4) is 0 Å². The van der Waals surface area contributed by atoms with Gasteiger partial charge in [-0.15, -0.1) is 0 Å². The fourth-order valence-electron chi connectivity index (χ4n) is 1.96. The lowest BCUT2D eigenvalue weighted by Gasteiger charge is -2.22. The third-order valence-corrected chi connectivity index (χ3v) is 3.16. The molecule has 1 N–H and O–H groups in total. The molecule has 1 aromatic rings. The standard InChI is InChI=1S/C12H18N2OS/c1-8(2)10-6-11(16)14-12(13-10)9-4-3-5-15-7-9/h6,8-9H,3-5,7H2,1-2H3,(H,13,14,16). The van der Waals surface area contributed by atoms with Crippen LogP contribution < -0.4 is 0 Å². The molecule has 2 heterocycles. The fourth-order valence-corrected chi connectivity index (χ4v) is 2.18. The molecular weight excluding hydrogens is 220 g/mol. The Labute approximate surface area is 101 Å². The third kappa shape index (κ3) is 2.68. The summed E-state index contributed by atoms with van der Waals surface area (Å²) in [6.45, 7) is 5.95. The number of hydrogen-bond donors (Lipinski definition) is 1. The van der Waals surface area contributed by atoms with Gasteiger partial charge in [-0.1, -0.05) is 26.1 Å². The van der Waals surface area contributed by atoms with E-state index >= 15 is 0 Å². The molecule has 0 aliphatic carbocycles. The van der Waals surface area contributed by atoms with Gasteiger partial charge in [0.15, 0.2) is 0 Å². The van der Waals surface area contributed by atoms with Crippen LogP contribution in [0, 0.1) is 4.64 Å². The van der Waals surface area contributed by atoms with Gasteiger partial charge in [-0.2, -0.15) is 0 Å². The third-order valence-electron chi connectivity index (χ3n) is 2.95. The normalized spacial score (nSPS) is 21.3. The Bertz CT molecular complexity index is 408. The maximum Gasteiger partial charge on any atom is 0.130 e. The van der Waals surface area contributed by atoms with E-state index in [0.29, 0.717) is 16.5 Å². The predicted molar refractivity (Wildman–Crippen MR) is 66.3 cm³/mol. The summed E-state index contributed by atoms with van der Waals surface area (Å²) in [7, 11) is 0. The quantitative estimate of drug-likeness (QED) is 0.804. The van der Waals surface area contributed by atoms with Crippen LogP contribution >= 0.6 is 12.2 Å². The minimum atomic E-state index is 0.383. The van der Waals surface area contributed by atoms with Gasteiger partial charge in [-0.3, -0.25) is 0 Å². The molecule has 1 unspecified atom stereocenters. The second kappa shape index (κ2) is 5.06. The molecule has 0 saturated carbocycles. The average Bonchev–Trinajstić information content (AvgIpc) is 2.29. The summed E-state index contributed by atoms with van der Waals surface area (Å²) in [5, 5.41) is 0. The number of rotatable bonds is 2. The molecule has 1 aliphatic heterocycles. The first-order valence-corrected chi connectivity index (χ1v) is 6.26. The smallest absolute Gasteiger partial charge is 0.130 e. The second-order valence-electron chi connectivity index (χ2n) is 4.63. The molecule has 0 spiro atoms. The highest BCUT2D eigenvalue weighted by molar-refractivity contribution is 7.71. The second-order valence-corrected chi connectivity index (χ2v) is 5.05. The van der Waals surface area contributed by atoms with Crippen molar-refractivity contribution >= 4 is 12.2 Å². The van der Waals surface area contributed by atoms with Gasteiger partial charge in [0.2, 0.25) is 0 Å². The number of H-pyrrole nitrogens is 1. The molecular formula is C12H18N2OS. The summed E-state index contributed by atoms with van der Waals surface area (Å²) in [4.78, 5) is 7.82. The highest BCUT2D eigenvalue weighted by atomic mass is 32.1. The van der Waals surface area contributed by atoms with Gasteiger partial charge >= 0.3 is 0 Å². The summed E-state index contributed by atoms with van der Waals surface area (Å²) in [6, 6.07) is 1.95. The topological polar surface area (TPSA) is 37.9 Å². The van der Waals surface area contributed by atoms with Gasteiger partial charge in [0.25, 0.3) is 0 Å². The van der Waals surface area contributed by atoms with Crippen LogP contribution in [-0.4, -0.2) is 23.2 Å². The van der Waals surface area contributed by atoms with Crippen molar-refractivity contribution in [2.75, 3.05) is 13.2 Å². The largest absolute Gasteiger partial charge is 0.381 e. The Balaban J connectivity index is 2.29. The number of aromatic amines is 1. The molecule has 1 aliphatic rings. The van der Waals surface area contributed by atoms with E-state index in [1.54, 1.807) is 0 Å². The Morgan fingerprint density at radius 3 is 3.00 bits per heavy atom. The first-order valence-electron chi connectivity index (χ1n) is 5.85. The Morgan fingerprint density at radius 1 is 1.56 bits per heavy atom. The minimum absolute atomic E-state index is 0.383. The molecule has 3 nitrogen and oxygen atoms in total. The number of ether oxygens (including phenoxy) is 1. The van der Waals surface area contributed by atoms with E-state index in [-0.39, 0.29) is 0 Å². The highest BCUT2D eigenvalue weighted by Gasteiger charge is 2.18.